The van der Waals surface area contributed by atoms with Crippen LogP contribution in [0.1, 0.15) is 60.4 Å². The fourth-order valence-electron chi connectivity index (χ4n) is 3.17. The number of ketones is 1. The van der Waals surface area contributed by atoms with Gasteiger partial charge < -0.3 is 5.73 Å². The lowest BCUT2D eigenvalue weighted by Crippen LogP contribution is -2.09. The first-order valence-electron chi connectivity index (χ1n) is 7.23. The molecule has 0 bridgehead atoms. The highest BCUT2D eigenvalue weighted by Gasteiger charge is 2.35. The predicted molar refractivity (Wildman–Crippen MR) is 72.6 cm³/mol. The average Bonchev–Trinajstić information content (AvgIpc) is 2.89. The fourth-order valence-corrected chi connectivity index (χ4v) is 3.17. The maximum Gasteiger partial charge on any atom is 0.166 e. The highest BCUT2D eigenvalue weighted by Crippen LogP contribution is 2.39. The molecular formula is C16H20FNO. The molecular weight excluding hydrogens is 241 g/mol. The molecule has 1 aromatic carbocycles. The lowest BCUT2D eigenvalue weighted by Gasteiger charge is -2.09. The molecule has 102 valence electrons. The van der Waals surface area contributed by atoms with Crippen LogP contribution in [0.3, 0.4) is 0 Å². The Balaban J connectivity index is 1.76. The van der Waals surface area contributed by atoms with Gasteiger partial charge >= 0.3 is 0 Å². The number of carbonyl (C=O) groups excluding carboxylic acids is 1. The molecule has 2 aliphatic carbocycles. The lowest BCUT2D eigenvalue weighted by atomic mass is 9.95. The summed E-state index contributed by atoms with van der Waals surface area (Å²) in [5.74, 6) is 0.346. The molecule has 19 heavy (non-hydrogen) atoms. The summed E-state index contributed by atoms with van der Waals surface area (Å²) in [6, 6.07) is 5.09. The van der Waals surface area contributed by atoms with Crippen molar-refractivity contribution in [2.75, 3.05) is 0 Å². The van der Waals surface area contributed by atoms with Crippen molar-refractivity contribution in [2.24, 2.45) is 11.7 Å². The van der Waals surface area contributed by atoms with Crippen molar-refractivity contribution >= 4 is 5.78 Å². The van der Waals surface area contributed by atoms with Crippen LogP contribution in [-0.4, -0.2) is 11.8 Å². The van der Waals surface area contributed by atoms with Crippen LogP contribution in [0.15, 0.2) is 18.2 Å². The number of carbonyl (C=O) groups is 1. The molecule has 0 saturated heterocycles. The molecule has 0 heterocycles. The number of rotatable bonds is 4. The van der Waals surface area contributed by atoms with E-state index in [2.05, 4.69) is 0 Å². The molecule has 0 aromatic heterocycles. The Morgan fingerprint density at radius 2 is 2.00 bits per heavy atom. The van der Waals surface area contributed by atoms with Gasteiger partial charge in [-0.25, -0.2) is 4.39 Å². The molecule has 2 N–H and O–H groups in total. The highest BCUT2D eigenvalue weighted by molar-refractivity contribution is 5.96. The first-order chi connectivity index (χ1) is 9.15. The Bertz CT molecular complexity index is 494. The quantitative estimate of drug-likeness (QED) is 0.844. The van der Waals surface area contributed by atoms with Gasteiger partial charge in [0.15, 0.2) is 5.78 Å². The van der Waals surface area contributed by atoms with Crippen LogP contribution in [0.4, 0.5) is 4.39 Å². The van der Waals surface area contributed by atoms with E-state index < -0.39 is 0 Å². The second kappa shape index (κ2) is 5.04. The zero-order chi connectivity index (χ0) is 13.4. The molecule has 2 aliphatic rings. The monoisotopic (exact) mass is 261 g/mol. The molecule has 0 spiro atoms. The van der Waals surface area contributed by atoms with Crippen LogP contribution < -0.4 is 5.73 Å². The number of hydrogen-bond acceptors (Lipinski definition) is 2. The van der Waals surface area contributed by atoms with E-state index >= 15 is 0 Å². The van der Waals surface area contributed by atoms with Crippen LogP contribution in [0, 0.1) is 11.7 Å². The number of hydrogen-bond donors (Lipinski definition) is 1. The summed E-state index contributed by atoms with van der Waals surface area (Å²) in [7, 11) is 0. The molecule has 0 aliphatic heterocycles. The van der Waals surface area contributed by atoms with Crippen LogP contribution in [-0.2, 0) is 0 Å². The standard InChI is InChI=1S/C16H20FNO/c17-14-6-5-11(12-9-15(12)18)8-13(14)16(19)7-10-3-1-2-4-10/h5-6,8,10,12,15H,1-4,7,9,18H2. The summed E-state index contributed by atoms with van der Waals surface area (Å²) in [4.78, 5) is 12.2. The van der Waals surface area contributed by atoms with Crippen molar-refractivity contribution in [3.05, 3.63) is 35.1 Å². The second-order valence-electron chi connectivity index (χ2n) is 6.02. The van der Waals surface area contributed by atoms with Crippen LogP contribution >= 0.6 is 0 Å². The van der Waals surface area contributed by atoms with Crippen molar-refractivity contribution in [3.63, 3.8) is 0 Å². The summed E-state index contributed by atoms with van der Waals surface area (Å²) < 4.78 is 13.8. The summed E-state index contributed by atoms with van der Waals surface area (Å²) in [5.41, 5.74) is 7.10. The molecule has 2 unspecified atom stereocenters. The Hall–Kier alpha value is -1.22. The fraction of sp³-hybridized carbons (Fsp3) is 0.562. The summed E-state index contributed by atoms with van der Waals surface area (Å²) >= 11 is 0. The average molecular weight is 261 g/mol. The van der Waals surface area contributed by atoms with E-state index in [0.717, 1.165) is 24.8 Å². The number of Topliss-reactive ketones (excluding diaryl/α,β-unsaturated/α-hetero) is 1. The van der Waals surface area contributed by atoms with Gasteiger partial charge in [-0.1, -0.05) is 31.7 Å². The highest BCUT2D eigenvalue weighted by atomic mass is 19.1. The van der Waals surface area contributed by atoms with E-state index in [4.69, 9.17) is 5.73 Å². The molecule has 3 heteroatoms. The van der Waals surface area contributed by atoms with Crippen LogP contribution in [0.25, 0.3) is 0 Å². The lowest BCUT2D eigenvalue weighted by molar-refractivity contribution is 0.0958. The Morgan fingerprint density at radius 3 is 2.63 bits per heavy atom. The third kappa shape index (κ3) is 2.71. The molecule has 0 radical (unpaired) electrons. The van der Waals surface area contributed by atoms with Gasteiger partial charge in [-0.2, -0.15) is 0 Å². The maximum atomic E-state index is 13.8. The molecule has 1 aromatic rings. The van der Waals surface area contributed by atoms with E-state index in [1.54, 1.807) is 12.1 Å². The van der Waals surface area contributed by atoms with E-state index in [1.807, 2.05) is 0 Å². The SMILES string of the molecule is NC1CC1c1ccc(F)c(C(=O)CC2CCCC2)c1. The van der Waals surface area contributed by atoms with Crippen molar-refractivity contribution in [1.82, 2.24) is 0 Å². The smallest absolute Gasteiger partial charge is 0.166 e. The second-order valence-corrected chi connectivity index (χ2v) is 6.02. The van der Waals surface area contributed by atoms with Crippen molar-refractivity contribution in [1.29, 1.82) is 0 Å². The van der Waals surface area contributed by atoms with Gasteiger partial charge in [0.05, 0.1) is 5.56 Å². The van der Waals surface area contributed by atoms with E-state index in [9.17, 15) is 9.18 Å². The normalized spacial score (nSPS) is 26.6. The van der Waals surface area contributed by atoms with Crippen molar-refractivity contribution in [2.45, 2.75) is 50.5 Å². The molecule has 2 saturated carbocycles. The first-order valence-corrected chi connectivity index (χ1v) is 7.23. The predicted octanol–water partition coefficient (Wildman–Crippen LogP) is 3.40. The number of benzene rings is 1. The molecule has 2 nitrogen and oxygen atoms in total. The first kappa shape index (κ1) is 12.8. The van der Waals surface area contributed by atoms with Crippen LogP contribution in [0.5, 0.6) is 0 Å². The minimum atomic E-state index is -0.388. The molecule has 2 atom stereocenters. The summed E-state index contributed by atoms with van der Waals surface area (Å²) in [5, 5.41) is 0. The zero-order valence-electron chi connectivity index (χ0n) is 11.1. The van der Waals surface area contributed by atoms with Gasteiger partial charge in [-0.05, 0) is 30.0 Å². The van der Waals surface area contributed by atoms with Crippen LogP contribution in [0.2, 0.25) is 0 Å². The molecule has 3 rings (SSSR count). The van der Waals surface area contributed by atoms with Gasteiger partial charge in [-0.3, -0.25) is 4.79 Å². The Morgan fingerprint density at radius 1 is 1.32 bits per heavy atom. The summed E-state index contributed by atoms with van der Waals surface area (Å²) in [6.07, 6.45) is 6.08. The molecule has 2 fully saturated rings. The Labute approximate surface area is 113 Å². The topological polar surface area (TPSA) is 43.1 Å². The van der Waals surface area contributed by atoms with Gasteiger partial charge in [0.2, 0.25) is 0 Å². The van der Waals surface area contributed by atoms with Gasteiger partial charge in [-0.15, -0.1) is 0 Å². The van der Waals surface area contributed by atoms with Crippen molar-refractivity contribution < 1.29 is 9.18 Å². The number of nitrogens with two attached hydrogens (primary N) is 1. The van der Waals surface area contributed by atoms with Gasteiger partial charge in [0, 0.05) is 18.4 Å². The van der Waals surface area contributed by atoms with Crippen molar-refractivity contribution in [3.8, 4) is 0 Å². The zero-order valence-corrected chi connectivity index (χ0v) is 11.1. The minimum absolute atomic E-state index is 0.0412. The maximum absolute atomic E-state index is 13.8. The Kier molecular flexibility index (Phi) is 3.40. The number of halogens is 1. The largest absolute Gasteiger partial charge is 0.327 e. The third-order valence-corrected chi connectivity index (χ3v) is 4.51. The van der Waals surface area contributed by atoms with E-state index in [0.29, 0.717) is 18.3 Å². The van der Waals surface area contributed by atoms with E-state index in [-0.39, 0.29) is 23.2 Å². The minimum Gasteiger partial charge on any atom is -0.327 e. The van der Waals surface area contributed by atoms with Gasteiger partial charge in [0.25, 0.3) is 0 Å². The molecule has 0 amide bonds. The van der Waals surface area contributed by atoms with Gasteiger partial charge in [0.1, 0.15) is 5.82 Å². The third-order valence-electron chi connectivity index (χ3n) is 4.51. The summed E-state index contributed by atoms with van der Waals surface area (Å²) in [6.45, 7) is 0. The van der Waals surface area contributed by atoms with E-state index in [1.165, 1.54) is 18.9 Å².